The summed E-state index contributed by atoms with van der Waals surface area (Å²) in [7, 11) is 0. The number of amides is 3. The Morgan fingerprint density at radius 1 is 1.00 bits per heavy atom. The summed E-state index contributed by atoms with van der Waals surface area (Å²) in [6.07, 6.45) is 1.60. The Kier molecular flexibility index (Phi) is 7.09. The summed E-state index contributed by atoms with van der Waals surface area (Å²) in [5.41, 5.74) is 2.24. The van der Waals surface area contributed by atoms with E-state index >= 15 is 0 Å². The number of urea groups is 1. The number of hydrogen-bond acceptors (Lipinski definition) is 3. The second kappa shape index (κ2) is 9.99. The van der Waals surface area contributed by atoms with Crippen LogP contribution in [0.15, 0.2) is 72.4 Å². The standard InChI is InChI=1S/C24H17FI2N2O3/c25-19-4-2-1-3-17(19)13-29-23(30)21(28-24(29)31)12-16-7-10-22(20(27)11-16)32-14-15-5-8-18(26)9-6-15/h1-12H,13-14H2,(H,28,31)/b21-12+. The van der Waals surface area contributed by atoms with Crippen molar-refractivity contribution in [1.82, 2.24) is 10.2 Å². The van der Waals surface area contributed by atoms with Gasteiger partial charge in [-0.25, -0.2) is 9.18 Å². The van der Waals surface area contributed by atoms with Crippen LogP contribution in [0.25, 0.3) is 6.08 Å². The average Bonchev–Trinajstić information content (AvgIpc) is 3.03. The molecule has 1 N–H and O–H groups in total. The normalized spacial score (nSPS) is 14.7. The fourth-order valence-electron chi connectivity index (χ4n) is 3.14. The van der Waals surface area contributed by atoms with Crippen molar-refractivity contribution in [2.45, 2.75) is 13.2 Å². The number of ether oxygens (including phenoxy) is 1. The van der Waals surface area contributed by atoms with Crippen LogP contribution in [0.1, 0.15) is 16.7 Å². The first-order chi connectivity index (χ1) is 15.4. The maximum Gasteiger partial charge on any atom is 0.329 e. The highest BCUT2D eigenvalue weighted by Gasteiger charge is 2.34. The summed E-state index contributed by atoms with van der Waals surface area (Å²) in [6, 6.07) is 19.1. The molecule has 0 aromatic heterocycles. The number of halogens is 3. The summed E-state index contributed by atoms with van der Waals surface area (Å²) >= 11 is 4.43. The fraction of sp³-hybridized carbons (Fsp3) is 0.0833. The molecule has 1 aliphatic heterocycles. The smallest absolute Gasteiger partial charge is 0.329 e. The van der Waals surface area contributed by atoms with Gasteiger partial charge in [-0.2, -0.15) is 0 Å². The molecule has 5 nitrogen and oxygen atoms in total. The highest BCUT2D eigenvalue weighted by Crippen LogP contribution is 2.25. The van der Waals surface area contributed by atoms with Crippen molar-refractivity contribution < 1.29 is 18.7 Å². The molecule has 0 aliphatic carbocycles. The van der Waals surface area contributed by atoms with Crippen LogP contribution in [0.4, 0.5) is 9.18 Å². The van der Waals surface area contributed by atoms with Crippen LogP contribution >= 0.6 is 45.2 Å². The Hall–Kier alpha value is -2.47. The Morgan fingerprint density at radius 2 is 1.75 bits per heavy atom. The van der Waals surface area contributed by atoms with Gasteiger partial charge in [0, 0.05) is 9.13 Å². The van der Waals surface area contributed by atoms with Crippen molar-refractivity contribution in [3.8, 4) is 5.75 Å². The molecular weight excluding hydrogens is 637 g/mol. The Labute approximate surface area is 211 Å². The third-order valence-corrected chi connectivity index (χ3v) is 6.39. The van der Waals surface area contributed by atoms with Crippen LogP contribution in [0.2, 0.25) is 0 Å². The number of imide groups is 1. The highest BCUT2D eigenvalue weighted by atomic mass is 127. The fourth-order valence-corrected chi connectivity index (χ4v) is 4.20. The quantitative estimate of drug-likeness (QED) is 0.211. The van der Waals surface area contributed by atoms with E-state index in [1.165, 1.54) is 9.64 Å². The minimum atomic E-state index is -0.573. The van der Waals surface area contributed by atoms with Gasteiger partial charge in [-0.15, -0.1) is 0 Å². The van der Waals surface area contributed by atoms with Gasteiger partial charge < -0.3 is 10.1 Å². The molecule has 0 unspecified atom stereocenters. The Bertz CT molecular complexity index is 1210. The lowest BCUT2D eigenvalue weighted by atomic mass is 10.1. The third kappa shape index (κ3) is 5.29. The number of carbonyl (C=O) groups is 2. The van der Waals surface area contributed by atoms with E-state index in [0.29, 0.717) is 6.61 Å². The molecule has 1 fully saturated rings. The van der Waals surface area contributed by atoms with Gasteiger partial charge in [-0.3, -0.25) is 9.69 Å². The minimum absolute atomic E-state index is 0.127. The van der Waals surface area contributed by atoms with Crippen LogP contribution in [0.3, 0.4) is 0 Å². The van der Waals surface area contributed by atoms with Crippen LogP contribution < -0.4 is 10.1 Å². The molecule has 3 aromatic rings. The van der Waals surface area contributed by atoms with E-state index in [0.717, 1.165) is 25.3 Å². The van der Waals surface area contributed by atoms with Gasteiger partial charge in [0.05, 0.1) is 10.1 Å². The zero-order valence-electron chi connectivity index (χ0n) is 16.6. The van der Waals surface area contributed by atoms with E-state index in [4.69, 9.17) is 4.74 Å². The van der Waals surface area contributed by atoms with Crippen molar-refractivity contribution in [3.05, 3.63) is 102 Å². The number of nitrogens with zero attached hydrogens (tertiary/aromatic N) is 1. The van der Waals surface area contributed by atoms with Crippen molar-refractivity contribution in [2.24, 2.45) is 0 Å². The number of carbonyl (C=O) groups excluding carboxylic acids is 2. The summed E-state index contributed by atoms with van der Waals surface area (Å²) in [4.78, 5) is 26.0. The number of hydrogen-bond donors (Lipinski definition) is 1. The van der Waals surface area contributed by atoms with E-state index in [1.807, 2.05) is 42.5 Å². The zero-order valence-corrected chi connectivity index (χ0v) is 21.0. The number of benzene rings is 3. The van der Waals surface area contributed by atoms with Crippen LogP contribution in [0, 0.1) is 13.0 Å². The molecule has 3 amide bonds. The molecule has 0 atom stereocenters. The van der Waals surface area contributed by atoms with E-state index in [9.17, 15) is 14.0 Å². The van der Waals surface area contributed by atoms with Gasteiger partial charge in [-0.1, -0.05) is 36.4 Å². The lowest BCUT2D eigenvalue weighted by Gasteiger charge is -2.12. The van der Waals surface area contributed by atoms with E-state index < -0.39 is 17.8 Å². The Morgan fingerprint density at radius 3 is 2.47 bits per heavy atom. The highest BCUT2D eigenvalue weighted by molar-refractivity contribution is 14.1. The first-order valence-corrected chi connectivity index (χ1v) is 11.8. The summed E-state index contributed by atoms with van der Waals surface area (Å²) in [6.45, 7) is 0.324. The minimum Gasteiger partial charge on any atom is -0.488 e. The predicted octanol–water partition coefficient (Wildman–Crippen LogP) is 5.71. The summed E-state index contributed by atoms with van der Waals surface area (Å²) < 4.78 is 21.9. The second-order valence-electron chi connectivity index (χ2n) is 7.08. The van der Waals surface area contributed by atoms with Gasteiger partial charge >= 0.3 is 6.03 Å². The van der Waals surface area contributed by atoms with Crippen LogP contribution in [-0.4, -0.2) is 16.8 Å². The molecule has 0 spiro atoms. The largest absolute Gasteiger partial charge is 0.488 e. The van der Waals surface area contributed by atoms with Crippen molar-refractivity contribution >= 4 is 63.2 Å². The van der Waals surface area contributed by atoms with Crippen molar-refractivity contribution in [2.75, 3.05) is 0 Å². The van der Waals surface area contributed by atoms with Gasteiger partial charge in [0.25, 0.3) is 5.91 Å². The van der Waals surface area contributed by atoms with Gasteiger partial charge in [-0.05, 0) is 92.7 Å². The van der Waals surface area contributed by atoms with Gasteiger partial charge in [0.15, 0.2) is 0 Å². The van der Waals surface area contributed by atoms with Gasteiger partial charge in [0.2, 0.25) is 0 Å². The molecule has 0 bridgehead atoms. The van der Waals surface area contributed by atoms with E-state index in [1.54, 1.807) is 24.3 Å². The second-order valence-corrected chi connectivity index (χ2v) is 9.48. The molecule has 8 heteroatoms. The molecule has 1 saturated heterocycles. The molecule has 0 saturated carbocycles. The zero-order chi connectivity index (χ0) is 22.7. The topological polar surface area (TPSA) is 58.6 Å². The molecule has 32 heavy (non-hydrogen) atoms. The first-order valence-electron chi connectivity index (χ1n) is 9.65. The van der Waals surface area contributed by atoms with Gasteiger partial charge in [0.1, 0.15) is 23.9 Å². The maximum absolute atomic E-state index is 13.9. The molecule has 0 radical (unpaired) electrons. The predicted molar refractivity (Wildman–Crippen MR) is 136 cm³/mol. The molecule has 1 heterocycles. The van der Waals surface area contributed by atoms with E-state index in [2.05, 4.69) is 50.5 Å². The maximum atomic E-state index is 13.9. The number of nitrogens with one attached hydrogen (secondary N) is 1. The van der Waals surface area contributed by atoms with Crippen molar-refractivity contribution in [3.63, 3.8) is 0 Å². The molecule has 4 rings (SSSR count). The van der Waals surface area contributed by atoms with E-state index in [-0.39, 0.29) is 17.8 Å². The molecular formula is C24H17FI2N2O3. The monoisotopic (exact) mass is 654 g/mol. The molecule has 3 aromatic carbocycles. The number of rotatable bonds is 6. The van der Waals surface area contributed by atoms with Crippen molar-refractivity contribution in [1.29, 1.82) is 0 Å². The third-order valence-electron chi connectivity index (χ3n) is 4.82. The molecule has 162 valence electrons. The lowest BCUT2D eigenvalue weighted by Crippen LogP contribution is -2.30. The SMILES string of the molecule is O=C1N/C(=C/c2ccc(OCc3ccc(I)cc3)c(I)c2)C(=O)N1Cc1ccccc1F. The average molecular weight is 654 g/mol. The Balaban J connectivity index is 1.45. The summed E-state index contributed by atoms with van der Waals surface area (Å²) in [5.74, 6) is -0.220. The lowest BCUT2D eigenvalue weighted by molar-refractivity contribution is -0.123. The molecule has 1 aliphatic rings. The summed E-state index contributed by atoms with van der Waals surface area (Å²) in [5, 5.41) is 2.57. The van der Waals surface area contributed by atoms with Crippen LogP contribution in [0.5, 0.6) is 5.75 Å². The first kappa shape index (κ1) is 22.7. The van der Waals surface area contributed by atoms with Crippen LogP contribution in [-0.2, 0) is 17.9 Å².